The average molecular weight is 350 g/mol. The summed E-state index contributed by atoms with van der Waals surface area (Å²) in [5.74, 6) is 1.07. The highest BCUT2D eigenvalue weighted by molar-refractivity contribution is 6.06. The van der Waals surface area contributed by atoms with E-state index in [2.05, 4.69) is 24.1 Å². The van der Waals surface area contributed by atoms with E-state index in [4.69, 9.17) is 4.74 Å². The summed E-state index contributed by atoms with van der Waals surface area (Å²) in [6.07, 6.45) is 1.46. The van der Waals surface area contributed by atoms with Crippen LogP contribution in [0.1, 0.15) is 29.8 Å². The van der Waals surface area contributed by atoms with Crippen LogP contribution in [-0.4, -0.2) is 17.5 Å². The van der Waals surface area contributed by atoms with Crippen LogP contribution < -0.4 is 15.6 Å². The monoisotopic (exact) mass is 350 g/mol. The maximum atomic E-state index is 12.5. The molecule has 5 nitrogen and oxygen atoms in total. The lowest BCUT2D eigenvalue weighted by atomic mass is 10.1. The number of benzene rings is 2. The summed E-state index contributed by atoms with van der Waals surface area (Å²) in [5.41, 5.74) is 1.23. The lowest BCUT2D eigenvalue weighted by Gasteiger charge is -2.10. The predicted molar refractivity (Wildman–Crippen MR) is 103 cm³/mol. The first-order valence-electron chi connectivity index (χ1n) is 8.65. The molecule has 0 bridgehead atoms. The summed E-state index contributed by atoms with van der Waals surface area (Å²) in [6.45, 7) is 5.28. The number of carbonyl (C=O) groups excluding carboxylic acids is 1. The van der Waals surface area contributed by atoms with Crippen LogP contribution in [0.15, 0.2) is 59.5 Å². The third kappa shape index (κ3) is 4.11. The van der Waals surface area contributed by atoms with E-state index in [1.54, 1.807) is 18.2 Å². The van der Waals surface area contributed by atoms with Gasteiger partial charge in [0.15, 0.2) is 0 Å². The zero-order valence-electron chi connectivity index (χ0n) is 14.9. The van der Waals surface area contributed by atoms with Crippen LogP contribution in [0.4, 0.5) is 0 Å². The third-order valence-corrected chi connectivity index (χ3v) is 4.01. The molecule has 0 aliphatic rings. The summed E-state index contributed by atoms with van der Waals surface area (Å²) < 4.78 is 5.66. The van der Waals surface area contributed by atoms with Crippen molar-refractivity contribution in [2.75, 3.05) is 6.61 Å². The maximum Gasteiger partial charge on any atom is 0.255 e. The van der Waals surface area contributed by atoms with Crippen LogP contribution >= 0.6 is 0 Å². The van der Waals surface area contributed by atoms with E-state index in [1.165, 1.54) is 6.20 Å². The highest BCUT2D eigenvalue weighted by atomic mass is 16.5. The van der Waals surface area contributed by atoms with Crippen molar-refractivity contribution in [3.05, 3.63) is 76.2 Å². The Bertz CT molecular complexity index is 959. The number of aromatic nitrogens is 1. The molecule has 0 saturated carbocycles. The molecule has 0 atom stereocenters. The van der Waals surface area contributed by atoms with Gasteiger partial charge in [-0.3, -0.25) is 9.59 Å². The molecule has 0 saturated heterocycles. The van der Waals surface area contributed by atoms with Gasteiger partial charge in [-0.2, -0.15) is 0 Å². The van der Waals surface area contributed by atoms with Crippen LogP contribution in [-0.2, 0) is 6.54 Å². The lowest BCUT2D eigenvalue weighted by Crippen LogP contribution is -2.24. The number of carbonyl (C=O) groups is 1. The Kier molecular flexibility index (Phi) is 5.37. The topological polar surface area (TPSA) is 71.2 Å². The van der Waals surface area contributed by atoms with E-state index in [0.717, 1.165) is 11.3 Å². The Morgan fingerprint density at radius 1 is 1.08 bits per heavy atom. The third-order valence-electron chi connectivity index (χ3n) is 4.01. The highest BCUT2D eigenvalue weighted by Crippen LogP contribution is 2.15. The largest absolute Gasteiger partial charge is 0.493 e. The minimum Gasteiger partial charge on any atom is -0.493 e. The smallest absolute Gasteiger partial charge is 0.255 e. The van der Waals surface area contributed by atoms with Crippen molar-refractivity contribution in [1.82, 2.24) is 10.3 Å². The van der Waals surface area contributed by atoms with Gasteiger partial charge >= 0.3 is 0 Å². The normalized spacial score (nSPS) is 10.9. The van der Waals surface area contributed by atoms with Crippen LogP contribution in [0, 0.1) is 5.92 Å². The van der Waals surface area contributed by atoms with Crippen molar-refractivity contribution >= 4 is 16.7 Å². The number of aromatic amines is 1. The molecule has 2 aromatic carbocycles. The number of amides is 1. The summed E-state index contributed by atoms with van der Waals surface area (Å²) in [7, 11) is 0. The summed E-state index contributed by atoms with van der Waals surface area (Å²) in [4.78, 5) is 27.0. The van der Waals surface area contributed by atoms with Gasteiger partial charge in [-0.05, 0) is 29.7 Å². The molecule has 0 fully saturated rings. The van der Waals surface area contributed by atoms with Crippen LogP contribution in [0.2, 0.25) is 0 Å². The second-order valence-electron chi connectivity index (χ2n) is 6.61. The number of hydrogen-bond donors (Lipinski definition) is 2. The van der Waals surface area contributed by atoms with Gasteiger partial charge in [0.25, 0.3) is 11.5 Å². The maximum absolute atomic E-state index is 12.5. The van der Waals surface area contributed by atoms with Crippen LogP contribution in [0.3, 0.4) is 0 Å². The SMILES string of the molecule is CC(C)COc1ccc(CNC(=O)c2c[nH]c(=O)c3ccccc23)cc1. The molecule has 26 heavy (non-hydrogen) atoms. The van der Waals surface area contributed by atoms with Gasteiger partial charge in [-0.1, -0.05) is 44.2 Å². The number of rotatable bonds is 6. The molecule has 3 rings (SSSR count). The average Bonchev–Trinajstić information content (AvgIpc) is 2.66. The predicted octanol–water partition coefficient (Wildman–Crippen LogP) is 3.49. The van der Waals surface area contributed by atoms with E-state index in [9.17, 15) is 9.59 Å². The first-order chi connectivity index (χ1) is 12.5. The quantitative estimate of drug-likeness (QED) is 0.715. The number of fused-ring (bicyclic) bond motifs is 1. The number of hydrogen-bond acceptors (Lipinski definition) is 3. The zero-order chi connectivity index (χ0) is 18.5. The van der Waals surface area contributed by atoms with E-state index in [1.807, 2.05) is 30.3 Å². The van der Waals surface area contributed by atoms with Gasteiger partial charge in [0.1, 0.15) is 5.75 Å². The fourth-order valence-electron chi connectivity index (χ4n) is 2.64. The summed E-state index contributed by atoms with van der Waals surface area (Å²) in [5, 5.41) is 4.05. The molecule has 1 amide bonds. The second-order valence-corrected chi connectivity index (χ2v) is 6.61. The van der Waals surface area contributed by atoms with Crippen molar-refractivity contribution in [3.63, 3.8) is 0 Å². The van der Waals surface area contributed by atoms with Crippen molar-refractivity contribution in [1.29, 1.82) is 0 Å². The van der Waals surface area contributed by atoms with Crippen molar-refractivity contribution in [2.24, 2.45) is 5.92 Å². The van der Waals surface area contributed by atoms with Gasteiger partial charge in [0.2, 0.25) is 0 Å². The first kappa shape index (κ1) is 17.7. The van der Waals surface area contributed by atoms with E-state index in [-0.39, 0.29) is 11.5 Å². The van der Waals surface area contributed by atoms with Crippen molar-refractivity contribution < 1.29 is 9.53 Å². The molecule has 3 aromatic rings. The van der Waals surface area contributed by atoms with Gasteiger partial charge in [0, 0.05) is 23.5 Å². The number of H-pyrrole nitrogens is 1. The molecule has 5 heteroatoms. The van der Waals surface area contributed by atoms with Gasteiger partial charge in [-0.15, -0.1) is 0 Å². The summed E-state index contributed by atoms with van der Waals surface area (Å²) >= 11 is 0. The van der Waals surface area contributed by atoms with Crippen molar-refractivity contribution in [2.45, 2.75) is 20.4 Å². The molecule has 134 valence electrons. The molecule has 0 unspecified atom stereocenters. The highest BCUT2D eigenvalue weighted by Gasteiger charge is 2.11. The van der Waals surface area contributed by atoms with E-state index < -0.39 is 0 Å². The fourth-order valence-corrected chi connectivity index (χ4v) is 2.64. The van der Waals surface area contributed by atoms with Gasteiger partial charge in [0.05, 0.1) is 12.2 Å². The second kappa shape index (κ2) is 7.87. The molecule has 1 heterocycles. The lowest BCUT2D eigenvalue weighted by molar-refractivity contribution is 0.0952. The molecular formula is C21H22N2O3. The Balaban J connectivity index is 1.68. The van der Waals surface area contributed by atoms with Crippen molar-refractivity contribution in [3.8, 4) is 5.75 Å². The Morgan fingerprint density at radius 2 is 1.77 bits per heavy atom. The summed E-state index contributed by atoms with van der Waals surface area (Å²) in [6, 6.07) is 14.7. The van der Waals surface area contributed by atoms with Crippen LogP contribution in [0.5, 0.6) is 5.75 Å². The Morgan fingerprint density at radius 3 is 2.46 bits per heavy atom. The van der Waals surface area contributed by atoms with Gasteiger partial charge < -0.3 is 15.0 Å². The molecule has 0 aliphatic heterocycles. The number of nitrogens with one attached hydrogen (secondary N) is 2. The Labute approximate surface area is 152 Å². The standard InChI is InChI=1S/C21H22N2O3/c1-14(2)13-26-16-9-7-15(8-10-16)11-22-21(25)19-12-23-20(24)18-6-4-3-5-17(18)19/h3-10,12,14H,11,13H2,1-2H3,(H,22,25)(H,23,24). The minimum atomic E-state index is -0.224. The van der Waals surface area contributed by atoms with E-state index >= 15 is 0 Å². The molecule has 2 N–H and O–H groups in total. The molecule has 1 aromatic heterocycles. The van der Waals surface area contributed by atoms with E-state index in [0.29, 0.717) is 35.4 Å². The van der Waals surface area contributed by atoms with Crippen LogP contribution in [0.25, 0.3) is 10.8 Å². The molecule has 0 spiro atoms. The Hall–Kier alpha value is -3.08. The van der Waals surface area contributed by atoms with Gasteiger partial charge in [-0.25, -0.2) is 0 Å². The molecule has 0 radical (unpaired) electrons. The fraction of sp³-hybridized carbons (Fsp3) is 0.238. The zero-order valence-corrected chi connectivity index (χ0v) is 14.9. The molecular weight excluding hydrogens is 328 g/mol. The molecule has 0 aliphatic carbocycles. The number of pyridine rings is 1. The number of ether oxygens (including phenoxy) is 1. The first-order valence-corrected chi connectivity index (χ1v) is 8.65. The minimum absolute atomic E-state index is 0.200.